The second-order valence-corrected chi connectivity index (χ2v) is 4.52. The Kier molecular flexibility index (Phi) is 3.13. The average molecular weight is 265 g/mol. The maximum Gasteiger partial charge on any atom is 0.122 e. The second kappa shape index (κ2) is 5.09. The number of anilines is 3. The Bertz CT molecular complexity index is 750. The maximum absolute atomic E-state index is 5.87. The summed E-state index contributed by atoms with van der Waals surface area (Å²) in [5.74, 6) is 0.731. The van der Waals surface area contributed by atoms with Gasteiger partial charge in [-0.2, -0.15) is 0 Å². The van der Waals surface area contributed by atoms with Crippen molar-refractivity contribution < 1.29 is 4.74 Å². The fourth-order valence-electron chi connectivity index (χ4n) is 2.20. The summed E-state index contributed by atoms with van der Waals surface area (Å²) in [4.78, 5) is 4.13. The molecule has 0 aliphatic carbocycles. The van der Waals surface area contributed by atoms with E-state index in [9.17, 15) is 0 Å². The minimum Gasteiger partial charge on any atom is -0.497 e. The lowest BCUT2D eigenvalue weighted by Gasteiger charge is -2.11. The Morgan fingerprint density at radius 1 is 1.15 bits per heavy atom. The molecule has 1 aromatic heterocycles. The monoisotopic (exact) mass is 265 g/mol. The molecule has 0 saturated heterocycles. The standard InChI is InChI=1S/C16H15N3O/c1-20-14-8-12(17)7-13(9-14)19-16-4-2-3-11-10-18-6-5-15(11)16/h2-10,19H,17H2,1H3. The second-order valence-electron chi connectivity index (χ2n) is 4.52. The number of rotatable bonds is 3. The van der Waals surface area contributed by atoms with Gasteiger partial charge in [0.25, 0.3) is 0 Å². The molecule has 0 radical (unpaired) electrons. The summed E-state index contributed by atoms with van der Waals surface area (Å²) in [7, 11) is 1.63. The van der Waals surface area contributed by atoms with E-state index >= 15 is 0 Å². The van der Waals surface area contributed by atoms with E-state index in [4.69, 9.17) is 10.5 Å². The number of nitrogens with two attached hydrogens (primary N) is 1. The Labute approximate surface area is 117 Å². The van der Waals surface area contributed by atoms with E-state index in [-0.39, 0.29) is 0 Å². The highest BCUT2D eigenvalue weighted by atomic mass is 16.5. The van der Waals surface area contributed by atoms with Crippen molar-refractivity contribution in [2.24, 2.45) is 0 Å². The van der Waals surface area contributed by atoms with Crippen LogP contribution in [0, 0.1) is 0 Å². The SMILES string of the molecule is COc1cc(N)cc(Nc2cccc3cnccc23)c1. The van der Waals surface area contributed by atoms with Gasteiger partial charge in [0.05, 0.1) is 7.11 Å². The number of aromatic nitrogens is 1. The number of hydrogen-bond acceptors (Lipinski definition) is 4. The van der Waals surface area contributed by atoms with Crippen molar-refractivity contribution in [1.82, 2.24) is 4.98 Å². The van der Waals surface area contributed by atoms with E-state index in [1.807, 2.05) is 42.6 Å². The first-order valence-electron chi connectivity index (χ1n) is 6.30. The summed E-state index contributed by atoms with van der Waals surface area (Å²) in [6, 6.07) is 13.6. The number of ether oxygens (including phenoxy) is 1. The molecule has 0 atom stereocenters. The van der Waals surface area contributed by atoms with Crippen molar-refractivity contribution in [2.45, 2.75) is 0 Å². The summed E-state index contributed by atoms with van der Waals surface area (Å²) >= 11 is 0. The third-order valence-electron chi connectivity index (χ3n) is 3.12. The number of pyridine rings is 1. The molecule has 3 rings (SSSR count). The Morgan fingerprint density at radius 3 is 2.90 bits per heavy atom. The first kappa shape index (κ1) is 12.3. The minimum absolute atomic E-state index is 0.661. The van der Waals surface area contributed by atoms with Crippen LogP contribution < -0.4 is 15.8 Å². The lowest BCUT2D eigenvalue weighted by Crippen LogP contribution is -1.95. The zero-order chi connectivity index (χ0) is 13.9. The molecule has 100 valence electrons. The Morgan fingerprint density at radius 2 is 2.05 bits per heavy atom. The molecular weight excluding hydrogens is 250 g/mol. The Balaban J connectivity index is 2.03. The average Bonchev–Trinajstić information content (AvgIpc) is 2.47. The molecule has 0 fully saturated rings. The smallest absolute Gasteiger partial charge is 0.122 e. The molecule has 0 aliphatic rings. The van der Waals surface area contributed by atoms with Gasteiger partial charge in [0.1, 0.15) is 5.75 Å². The third-order valence-corrected chi connectivity index (χ3v) is 3.12. The van der Waals surface area contributed by atoms with Crippen LogP contribution in [-0.4, -0.2) is 12.1 Å². The first-order valence-corrected chi connectivity index (χ1v) is 6.30. The quantitative estimate of drug-likeness (QED) is 0.711. The molecule has 0 amide bonds. The van der Waals surface area contributed by atoms with Gasteiger partial charge in [0.2, 0.25) is 0 Å². The highest BCUT2D eigenvalue weighted by molar-refractivity contribution is 5.94. The summed E-state index contributed by atoms with van der Waals surface area (Å²) in [5.41, 5.74) is 8.44. The summed E-state index contributed by atoms with van der Waals surface area (Å²) in [6.45, 7) is 0. The summed E-state index contributed by atoms with van der Waals surface area (Å²) in [5, 5.41) is 5.58. The number of hydrogen-bond donors (Lipinski definition) is 2. The van der Waals surface area contributed by atoms with E-state index in [0.717, 1.165) is 27.9 Å². The molecule has 0 bridgehead atoms. The highest BCUT2D eigenvalue weighted by Gasteiger charge is 2.03. The third kappa shape index (κ3) is 2.36. The molecule has 4 nitrogen and oxygen atoms in total. The normalized spacial score (nSPS) is 10.4. The number of nitrogens with one attached hydrogen (secondary N) is 1. The zero-order valence-corrected chi connectivity index (χ0v) is 11.1. The maximum atomic E-state index is 5.87. The van der Waals surface area contributed by atoms with Crippen LogP contribution in [0.4, 0.5) is 17.1 Å². The number of methoxy groups -OCH3 is 1. The largest absolute Gasteiger partial charge is 0.497 e. The molecule has 0 aliphatic heterocycles. The van der Waals surface area contributed by atoms with Crippen molar-refractivity contribution in [3.8, 4) is 5.75 Å². The predicted molar refractivity (Wildman–Crippen MR) is 82.4 cm³/mol. The van der Waals surface area contributed by atoms with Crippen LogP contribution in [0.5, 0.6) is 5.75 Å². The van der Waals surface area contributed by atoms with Gasteiger partial charge < -0.3 is 15.8 Å². The van der Waals surface area contributed by atoms with Crippen LogP contribution in [0.3, 0.4) is 0 Å². The van der Waals surface area contributed by atoms with Gasteiger partial charge in [-0.1, -0.05) is 12.1 Å². The van der Waals surface area contributed by atoms with Gasteiger partial charge in [-0.25, -0.2) is 0 Å². The predicted octanol–water partition coefficient (Wildman–Crippen LogP) is 3.57. The zero-order valence-electron chi connectivity index (χ0n) is 11.1. The number of fused-ring (bicyclic) bond motifs is 1. The number of nitrogens with zero attached hydrogens (tertiary/aromatic N) is 1. The fourth-order valence-corrected chi connectivity index (χ4v) is 2.20. The van der Waals surface area contributed by atoms with Crippen LogP contribution in [0.2, 0.25) is 0 Å². The molecule has 0 unspecified atom stereocenters. The molecule has 0 spiro atoms. The molecule has 20 heavy (non-hydrogen) atoms. The summed E-state index contributed by atoms with van der Waals surface area (Å²) < 4.78 is 5.23. The lowest BCUT2D eigenvalue weighted by atomic mass is 10.1. The Hall–Kier alpha value is -2.75. The van der Waals surface area contributed by atoms with Crippen LogP contribution in [-0.2, 0) is 0 Å². The van der Waals surface area contributed by atoms with E-state index in [2.05, 4.69) is 10.3 Å². The molecule has 0 saturated carbocycles. The van der Waals surface area contributed by atoms with Crippen molar-refractivity contribution in [1.29, 1.82) is 0 Å². The molecule has 2 aromatic carbocycles. The van der Waals surface area contributed by atoms with Crippen LogP contribution in [0.15, 0.2) is 54.9 Å². The van der Waals surface area contributed by atoms with Crippen molar-refractivity contribution in [3.63, 3.8) is 0 Å². The van der Waals surface area contributed by atoms with Gasteiger partial charge >= 0.3 is 0 Å². The van der Waals surface area contributed by atoms with E-state index in [0.29, 0.717) is 5.69 Å². The molecule has 3 N–H and O–H groups in total. The fraction of sp³-hybridized carbons (Fsp3) is 0.0625. The van der Waals surface area contributed by atoms with Gasteiger partial charge in [0.15, 0.2) is 0 Å². The lowest BCUT2D eigenvalue weighted by molar-refractivity contribution is 0.415. The molecule has 1 heterocycles. The van der Waals surface area contributed by atoms with Crippen molar-refractivity contribution in [3.05, 3.63) is 54.9 Å². The highest BCUT2D eigenvalue weighted by Crippen LogP contribution is 2.29. The van der Waals surface area contributed by atoms with E-state index in [1.165, 1.54) is 0 Å². The molecular formula is C16H15N3O. The molecule has 3 aromatic rings. The van der Waals surface area contributed by atoms with Gasteiger partial charge in [0, 0.05) is 52.4 Å². The first-order chi connectivity index (χ1) is 9.76. The number of benzene rings is 2. The molecule has 4 heteroatoms. The van der Waals surface area contributed by atoms with Crippen molar-refractivity contribution in [2.75, 3.05) is 18.2 Å². The van der Waals surface area contributed by atoms with E-state index < -0.39 is 0 Å². The van der Waals surface area contributed by atoms with Crippen LogP contribution in [0.25, 0.3) is 10.8 Å². The number of nitrogen functional groups attached to an aromatic ring is 1. The van der Waals surface area contributed by atoms with Gasteiger partial charge in [-0.15, -0.1) is 0 Å². The van der Waals surface area contributed by atoms with Crippen LogP contribution >= 0.6 is 0 Å². The van der Waals surface area contributed by atoms with Crippen LogP contribution in [0.1, 0.15) is 0 Å². The van der Waals surface area contributed by atoms with Gasteiger partial charge in [-0.3, -0.25) is 4.98 Å². The minimum atomic E-state index is 0.661. The van der Waals surface area contributed by atoms with Gasteiger partial charge in [-0.05, 0) is 18.2 Å². The topological polar surface area (TPSA) is 60.2 Å². The van der Waals surface area contributed by atoms with Crippen molar-refractivity contribution >= 4 is 27.8 Å². The van der Waals surface area contributed by atoms with E-state index in [1.54, 1.807) is 19.4 Å². The summed E-state index contributed by atoms with van der Waals surface area (Å²) in [6.07, 6.45) is 3.63.